The van der Waals surface area contributed by atoms with Crippen LogP contribution in [0.15, 0.2) is 23.9 Å². The van der Waals surface area contributed by atoms with E-state index in [2.05, 4.69) is 25.2 Å². The Morgan fingerprint density at radius 2 is 2.00 bits per heavy atom. The average molecular weight is 191 g/mol. The minimum Gasteiger partial charge on any atom is -0.402 e. The van der Waals surface area contributed by atoms with Gasteiger partial charge in [-0.3, -0.25) is 0 Å². The van der Waals surface area contributed by atoms with Crippen molar-refractivity contribution in [3.63, 3.8) is 0 Å². The van der Waals surface area contributed by atoms with Crippen molar-refractivity contribution in [2.45, 2.75) is 45.4 Å². The highest BCUT2D eigenvalue weighted by atomic mass is 14.7. The van der Waals surface area contributed by atoms with E-state index in [-0.39, 0.29) is 5.41 Å². The highest BCUT2D eigenvalue weighted by Gasteiger charge is 2.36. The lowest BCUT2D eigenvalue weighted by Crippen LogP contribution is -2.35. The lowest BCUT2D eigenvalue weighted by atomic mass is 9.65. The van der Waals surface area contributed by atoms with Crippen LogP contribution in [0.5, 0.6) is 0 Å². The molecule has 0 aromatic heterocycles. The summed E-state index contributed by atoms with van der Waals surface area (Å²) >= 11 is 0. The van der Waals surface area contributed by atoms with Crippen LogP contribution in [0.3, 0.4) is 0 Å². The maximum atomic E-state index is 6.15. The Kier molecular flexibility index (Phi) is 2.66. The quantitative estimate of drug-likeness (QED) is 0.675. The summed E-state index contributed by atoms with van der Waals surface area (Å²) in [5.41, 5.74) is 7.52. The molecule has 14 heavy (non-hydrogen) atoms. The molecule has 78 valence electrons. The fourth-order valence-corrected chi connectivity index (χ4v) is 2.93. The molecule has 1 atom stereocenters. The van der Waals surface area contributed by atoms with Crippen molar-refractivity contribution in [3.05, 3.63) is 23.9 Å². The minimum absolute atomic E-state index is 0.259. The Balaban J connectivity index is 2.14. The van der Waals surface area contributed by atoms with Crippen LogP contribution in [0.25, 0.3) is 0 Å². The number of hydrogen-bond acceptors (Lipinski definition) is 1. The van der Waals surface area contributed by atoms with Gasteiger partial charge in [-0.15, -0.1) is 0 Å². The summed E-state index contributed by atoms with van der Waals surface area (Å²) in [7, 11) is 0. The number of hydrogen-bond donors (Lipinski definition) is 1. The molecule has 0 aromatic rings. The fraction of sp³-hybridized carbons (Fsp3) is 0.692. The van der Waals surface area contributed by atoms with Crippen molar-refractivity contribution in [1.82, 2.24) is 0 Å². The molecule has 0 radical (unpaired) electrons. The molecular formula is C13H21N. The monoisotopic (exact) mass is 191 g/mol. The van der Waals surface area contributed by atoms with Gasteiger partial charge in [-0.05, 0) is 31.3 Å². The van der Waals surface area contributed by atoms with Gasteiger partial charge in [-0.25, -0.2) is 0 Å². The van der Waals surface area contributed by atoms with Gasteiger partial charge in [-0.2, -0.15) is 0 Å². The van der Waals surface area contributed by atoms with Crippen molar-refractivity contribution < 1.29 is 0 Å². The first-order valence-corrected chi connectivity index (χ1v) is 5.86. The van der Waals surface area contributed by atoms with E-state index < -0.39 is 0 Å². The van der Waals surface area contributed by atoms with Crippen molar-refractivity contribution in [2.24, 2.45) is 17.1 Å². The third-order valence-electron chi connectivity index (χ3n) is 4.12. The molecule has 0 amide bonds. The lowest BCUT2D eigenvalue weighted by molar-refractivity contribution is 0.175. The van der Waals surface area contributed by atoms with Gasteiger partial charge in [0.05, 0.1) is 0 Å². The van der Waals surface area contributed by atoms with Crippen molar-refractivity contribution in [1.29, 1.82) is 0 Å². The van der Waals surface area contributed by atoms with Crippen molar-refractivity contribution >= 4 is 0 Å². The molecule has 0 spiro atoms. The van der Waals surface area contributed by atoms with Crippen LogP contribution in [0, 0.1) is 11.3 Å². The van der Waals surface area contributed by atoms with E-state index in [9.17, 15) is 0 Å². The number of allylic oxidation sites excluding steroid dienone is 4. The van der Waals surface area contributed by atoms with E-state index in [0.29, 0.717) is 0 Å². The minimum atomic E-state index is 0.259. The molecule has 2 N–H and O–H groups in total. The predicted molar refractivity (Wildman–Crippen MR) is 60.7 cm³/mol. The molecule has 2 rings (SSSR count). The van der Waals surface area contributed by atoms with Crippen LogP contribution >= 0.6 is 0 Å². The van der Waals surface area contributed by atoms with E-state index in [1.165, 1.54) is 32.1 Å². The molecule has 1 fully saturated rings. The molecule has 1 nitrogen and oxygen atoms in total. The maximum absolute atomic E-state index is 6.15. The lowest BCUT2D eigenvalue weighted by Gasteiger charge is -2.41. The van der Waals surface area contributed by atoms with Crippen LogP contribution in [0.4, 0.5) is 0 Å². The molecular weight excluding hydrogens is 170 g/mol. The Hall–Kier alpha value is -0.720. The predicted octanol–water partition coefficient (Wildman–Crippen LogP) is 3.38. The Morgan fingerprint density at radius 1 is 1.29 bits per heavy atom. The Labute approximate surface area is 87.1 Å². The summed E-state index contributed by atoms with van der Waals surface area (Å²) in [5, 5.41) is 0. The molecule has 1 unspecified atom stereocenters. The normalized spacial score (nSPS) is 34.2. The summed E-state index contributed by atoms with van der Waals surface area (Å²) < 4.78 is 0. The van der Waals surface area contributed by atoms with E-state index in [1.807, 2.05) is 0 Å². The van der Waals surface area contributed by atoms with Gasteiger partial charge in [0, 0.05) is 11.1 Å². The maximum Gasteiger partial charge on any atom is 0.0146 e. The smallest absolute Gasteiger partial charge is 0.0146 e. The summed E-state index contributed by atoms with van der Waals surface area (Å²) in [4.78, 5) is 0. The first-order valence-electron chi connectivity index (χ1n) is 5.86. The molecule has 0 aromatic carbocycles. The molecule has 2 aliphatic carbocycles. The molecule has 1 saturated carbocycles. The summed E-state index contributed by atoms with van der Waals surface area (Å²) in [5.74, 6) is 0.817. The molecule has 0 heterocycles. The van der Waals surface area contributed by atoms with E-state index in [1.54, 1.807) is 0 Å². The zero-order valence-electron chi connectivity index (χ0n) is 9.13. The third-order valence-corrected chi connectivity index (χ3v) is 4.12. The summed E-state index contributed by atoms with van der Waals surface area (Å²) in [6.45, 7) is 2.35. The summed E-state index contributed by atoms with van der Waals surface area (Å²) in [6.07, 6.45) is 14.6. The Bertz CT molecular complexity index is 258. The number of nitrogens with two attached hydrogens (primary N) is 1. The molecule has 2 aliphatic rings. The molecule has 0 saturated heterocycles. The molecule has 0 aliphatic heterocycles. The second-order valence-corrected chi connectivity index (χ2v) is 5.01. The first kappa shape index (κ1) is 9.82. The van der Waals surface area contributed by atoms with Crippen LogP contribution in [0.1, 0.15) is 45.4 Å². The van der Waals surface area contributed by atoms with Crippen LogP contribution < -0.4 is 5.73 Å². The first-order chi connectivity index (χ1) is 6.73. The Morgan fingerprint density at radius 3 is 2.64 bits per heavy atom. The number of rotatable bonds is 1. The van der Waals surface area contributed by atoms with Gasteiger partial charge in [0.15, 0.2) is 0 Å². The SMILES string of the molecule is CC1(C2CCCCC2)CC=CC=C1N. The highest BCUT2D eigenvalue weighted by molar-refractivity contribution is 5.24. The topological polar surface area (TPSA) is 26.0 Å². The summed E-state index contributed by atoms with van der Waals surface area (Å²) in [6, 6.07) is 0. The molecule has 0 bridgehead atoms. The highest BCUT2D eigenvalue weighted by Crippen LogP contribution is 2.45. The standard InChI is InChI=1S/C13H21N/c1-13(10-6-5-9-12(13)14)11-7-3-2-4-8-11/h5-6,9,11H,2-4,7-8,10,14H2,1H3. The fourth-order valence-electron chi connectivity index (χ4n) is 2.93. The largest absolute Gasteiger partial charge is 0.402 e. The van der Waals surface area contributed by atoms with Gasteiger partial charge >= 0.3 is 0 Å². The zero-order valence-corrected chi connectivity index (χ0v) is 9.13. The average Bonchev–Trinajstić information content (AvgIpc) is 2.24. The van der Waals surface area contributed by atoms with E-state index >= 15 is 0 Å². The van der Waals surface area contributed by atoms with Crippen LogP contribution in [-0.2, 0) is 0 Å². The van der Waals surface area contributed by atoms with Crippen molar-refractivity contribution in [2.75, 3.05) is 0 Å². The van der Waals surface area contributed by atoms with Gasteiger partial charge in [0.1, 0.15) is 0 Å². The van der Waals surface area contributed by atoms with Crippen molar-refractivity contribution in [3.8, 4) is 0 Å². The second kappa shape index (κ2) is 3.80. The zero-order chi connectivity index (χ0) is 10.0. The van der Waals surface area contributed by atoms with Gasteiger partial charge < -0.3 is 5.73 Å². The van der Waals surface area contributed by atoms with E-state index in [4.69, 9.17) is 5.73 Å². The molecule has 1 heteroatoms. The van der Waals surface area contributed by atoms with E-state index in [0.717, 1.165) is 18.0 Å². The van der Waals surface area contributed by atoms with Crippen LogP contribution in [0.2, 0.25) is 0 Å². The third kappa shape index (κ3) is 1.60. The van der Waals surface area contributed by atoms with Gasteiger partial charge in [0.25, 0.3) is 0 Å². The second-order valence-electron chi connectivity index (χ2n) is 5.01. The van der Waals surface area contributed by atoms with Gasteiger partial charge in [-0.1, -0.05) is 38.3 Å². The van der Waals surface area contributed by atoms with Gasteiger partial charge in [0.2, 0.25) is 0 Å². The van der Waals surface area contributed by atoms with Crippen LogP contribution in [-0.4, -0.2) is 0 Å².